The maximum atomic E-state index is 5.43. The second kappa shape index (κ2) is 11.5. The summed E-state index contributed by atoms with van der Waals surface area (Å²) >= 11 is 0. The van der Waals surface area contributed by atoms with Gasteiger partial charge in [-0.2, -0.15) is 0 Å². The van der Waals surface area contributed by atoms with Gasteiger partial charge in [-0.05, 0) is 56.6 Å². The fourth-order valence-electron chi connectivity index (χ4n) is 8.76. The van der Waals surface area contributed by atoms with E-state index in [0.29, 0.717) is 17.3 Å². The molecule has 53 heavy (non-hydrogen) atoms. The van der Waals surface area contributed by atoms with E-state index >= 15 is 0 Å². The molecule has 0 atom stereocenters. The van der Waals surface area contributed by atoms with Crippen LogP contribution in [0.15, 0.2) is 182 Å². The standard InChI is InChI=1S/C49H30N4/c1-3-16-31(17-4-1)43-30-44(32-18-5-2-6-19-32)52-48(51-43)46-36-23-10-14-29-42(36)50-47(53-46)37-24-15-28-41-45(37)35-22-9-13-27-40(35)49(41)38-25-11-7-20-33(38)34-21-8-12-26-39(34)49/h1-30H. The van der Waals surface area contributed by atoms with Crippen LogP contribution in [0, 0.1) is 0 Å². The van der Waals surface area contributed by atoms with E-state index in [1.807, 2.05) is 48.5 Å². The smallest absolute Gasteiger partial charge is 0.180 e. The Labute approximate surface area is 307 Å². The number of hydrogen-bond acceptors (Lipinski definition) is 4. The van der Waals surface area contributed by atoms with Gasteiger partial charge in [0.15, 0.2) is 11.6 Å². The Morgan fingerprint density at radius 2 is 0.830 bits per heavy atom. The summed E-state index contributed by atoms with van der Waals surface area (Å²) in [5, 5.41) is 0.906. The van der Waals surface area contributed by atoms with Gasteiger partial charge in [-0.3, -0.25) is 0 Å². The Morgan fingerprint density at radius 3 is 1.47 bits per heavy atom. The number of fused-ring (bicyclic) bond motifs is 11. The Hall–Kier alpha value is -7.04. The van der Waals surface area contributed by atoms with Crippen LogP contribution in [0.5, 0.6) is 0 Å². The highest BCUT2D eigenvalue weighted by atomic mass is 15.0. The Kier molecular flexibility index (Phi) is 6.43. The maximum Gasteiger partial charge on any atom is 0.180 e. The lowest BCUT2D eigenvalue weighted by Crippen LogP contribution is -2.25. The Bertz CT molecular complexity index is 2790. The highest BCUT2D eigenvalue weighted by Gasteiger charge is 2.52. The predicted molar refractivity (Wildman–Crippen MR) is 213 cm³/mol. The van der Waals surface area contributed by atoms with Gasteiger partial charge in [0.2, 0.25) is 0 Å². The van der Waals surface area contributed by atoms with E-state index in [2.05, 4.69) is 133 Å². The van der Waals surface area contributed by atoms with E-state index in [0.717, 1.165) is 39.0 Å². The number of rotatable bonds is 4. The third-order valence-electron chi connectivity index (χ3n) is 10.9. The monoisotopic (exact) mass is 674 g/mol. The average Bonchev–Trinajstić information content (AvgIpc) is 3.71. The minimum atomic E-state index is -0.452. The third-order valence-corrected chi connectivity index (χ3v) is 10.9. The predicted octanol–water partition coefficient (Wildman–Crippen LogP) is 11.4. The summed E-state index contributed by atoms with van der Waals surface area (Å²) in [6.07, 6.45) is 0. The highest BCUT2D eigenvalue weighted by Crippen LogP contribution is 2.63. The molecule has 0 radical (unpaired) electrons. The number of hydrogen-bond donors (Lipinski definition) is 0. The minimum absolute atomic E-state index is 0.452. The molecule has 4 heteroatoms. The molecule has 0 unspecified atom stereocenters. The van der Waals surface area contributed by atoms with E-state index in [9.17, 15) is 0 Å². The number of para-hydroxylation sites is 1. The SMILES string of the molecule is c1ccc(-c2cc(-c3ccccc3)nc(-c3nc(-c4cccc5c4-c4ccccc4C54c5ccccc5-c5ccccc54)nc4ccccc34)n2)cc1. The van der Waals surface area contributed by atoms with Crippen molar-refractivity contribution in [3.63, 3.8) is 0 Å². The quantitative estimate of drug-likeness (QED) is 0.186. The van der Waals surface area contributed by atoms with Crippen molar-refractivity contribution >= 4 is 10.9 Å². The van der Waals surface area contributed by atoms with Crippen molar-refractivity contribution in [2.45, 2.75) is 5.41 Å². The lowest BCUT2D eigenvalue weighted by Gasteiger charge is -2.30. The van der Waals surface area contributed by atoms with E-state index in [1.54, 1.807) is 0 Å². The molecular formula is C49H30N4. The number of aromatic nitrogens is 4. The molecule has 0 saturated carbocycles. The highest BCUT2D eigenvalue weighted by molar-refractivity contribution is 6.00. The molecule has 11 rings (SSSR count). The van der Waals surface area contributed by atoms with Gasteiger partial charge < -0.3 is 0 Å². The normalized spacial score (nSPS) is 13.1. The molecule has 2 aliphatic rings. The molecule has 0 saturated heterocycles. The fourth-order valence-corrected chi connectivity index (χ4v) is 8.76. The zero-order valence-corrected chi connectivity index (χ0v) is 28.6. The first-order chi connectivity index (χ1) is 26.3. The van der Waals surface area contributed by atoms with Crippen LogP contribution in [-0.2, 0) is 5.41 Å². The second-order valence-corrected chi connectivity index (χ2v) is 13.7. The van der Waals surface area contributed by atoms with Crippen LogP contribution in [0.3, 0.4) is 0 Å². The molecule has 4 nitrogen and oxygen atoms in total. The van der Waals surface area contributed by atoms with E-state index in [4.69, 9.17) is 19.9 Å². The molecule has 246 valence electrons. The van der Waals surface area contributed by atoms with Gasteiger partial charge in [-0.15, -0.1) is 0 Å². The zero-order chi connectivity index (χ0) is 34.9. The summed E-state index contributed by atoms with van der Waals surface area (Å²) in [4.78, 5) is 21.1. The van der Waals surface area contributed by atoms with Gasteiger partial charge in [-0.25, -0.2) is 19.9 Å². The van der Waals surface area contributed by atoms with Crippen molar-refractivity contribution in [2.75, 3.05) is 0 Å². The molecule has 0 amide bonds. The third kappa shape index (κ3) is 4.30. The molecular weight excluding hydrogens is 645 g/mol. The van der Waals surface area contributed by atoms with Gasteiger partial charge >= 0.3 is 0 Å². The molecule has 0 aliphatic heterocycles. The summed E-state index contributed by atoms with van der Waals surface area (Å²) in [5.41, 5.74) is 15.9. The van der Waals surface area contributed by atoms with Gasteiger partial charge in [0.25, 0.3) is 0 Å². The van der Waals surface area contributed by atoms with Crippen molar-refractivity contribution in [1.82, 2.24) is 19.9 Å². The fraction of sp³-hybridized carbons (Fsp3) is 0.0204. The van der Waals surface area contributed by atoms with Crippen molar-refractivity contribution < 1.29 is 0 Å². The summed E-state index contributed by atoms with van der Waals surface area (Å²) in [5.74, 6) is 1.21. The molecule has 2 aliphatic carbocycles. The second-order valence-electron chi connectivity index (χ2n) is 13.7. The number of benzene rings is 7. The molecule has 0 N–H and O–H groups in total. The summed E-state index contributed by atoms with van der Waals surface area (Å²) in [6, 6.07) is 64.1. The molecule has 2 aromatic heterocycles. The van der Waals surface area contributed by atoms with Crippen LogP contribution in [0.4, 0.5) is 0 Å². The molecule has 7 aromatic carbocycles. The van der Waals surface area contributed by atoms with Gasteiger partial charge in [0.1, 0.15) is 5.69 Å². The van der Waals surface area contributed by atoms with Gasteiger partial charge in [-0.1, -0.05) is 170 Å². The minimum Gasteiger partial charge on any atom is -0.228 e. The van der Waals surface area contributed by atoms with E-state index in [1.165, 1.54) is 44.5 Å². The lowest BCUT2D eigenvalue weighted by molar-refractivity contribution is 0.794. The summed E-state index contributed by atoms with van der Waals surface area (Å²) in [7, 11) is 0. The van der Waals surface area contributed by atoms with Crippen molar-refractivity contribution in [1.29, 1.82) is 0 Å². The first-order valence-electron chi connectivity index (χ1n) is 18.0. The topological polar surface area (TPSA) is 51.6 Å². The summed E-state index contributed by atoms with van der Waals surface area (Å²) in [6.45, 7) is 0. The number of nitrogens with zero attached hydrogens (tertiary/aromatic N) is 4. The zero-order valence-electron chi connectivity index (χ0n) is 28.6. The Morgan fingerprint density at radius 1 is 0.340 bits per heavy atom. The van der Waals surface area contributed by atoms with E-state index in [-0.39, 0.29) is 0 Å². The van der Waals surface area contributed by atoms with Crippen molar-refractivity contribution in [2.24, 2.45) is 0 Å². The summed E-state index contributed by atoms with van der Waals surface area (Å²) < 4.78 is 0. The lowest BCUT2D eigenvalue weighted by atomic mass is 9.70. The van der Waals surface area contributed by atoms with Crippen LogP contribution in [-0.4, -0.2) is 19.9 Å². The molecule has 0 fully saturated rings. The largest absolute Gasteiger partial charge is 0.228 e. The van der Waals surface area contributed by atoms with E-state index < -0.39 is 5.41 Å². The molecule has 2 heterocycles. The van der Waals surface area contributed by atoms with Gasteiger partial charge in [0.05, 0.1) is 22.3 Å². The van der Waals surface area contributed by atoms with Crippen LogP contribution in [0.25, 0.3) is 78.6 Å². The molecule has 0 bridgehead atoms. The van der Waals surface area contributed by atoms with Crippen molar-refractivity contribution in [3.8, 4) is 67.7 Å². The maximum absolute atomic E-state index is 5.43. The van der Waals surface area contributed by atoms with Crippen LogP contribution in [0.2, 0.25) is 0 Å². The van der Waals surface area contributed by atoms with Gasteiger partial charge in [0, 0.05) is 22.1 Å². The molecule has 9 aromatic rings. The van der Waals surface area contributed by atoms with Crippen LogP contribution in [0.1, 0.15) is 22.3 Å². The first kappa shape index (κ1) is 29.7. The Balaban J connectivity index is 1.19. The molecule has 1 spiro atoms. The first-order valence-corrected chi connectivity index (χ1v) is 18.0. The van der Waals surface area contributed by atoms with Crippen molar-refractivity contribution in [3.05, 3.63) is 204 Å². The average molecular weight is 675 g/mol. The van der Waals surface area contributed by atoms with Crippen LogP contribution >= 0.6 is 0 Å². The van der Waals surface area contributed by atoms with Crippen LogP contribution < -0.4 is 0 Å².